The number of esters is 1. The number of nitrogens with zero attached hydrogens (tertiary/aromatic N) is 4. The first-order chi connectivity index (χ1) is 14.0. The van der Waals surface area contributed by atoms with Gasteiger partial charge >= 0.3 is 5.97 Å². The van der Waals surface area contributed by atoms with Gasteiger partial charge < -0.3 is 10.1 Å². The monoisotopic (exact) mass is 411 g/mol. The van der Waals surface area contributed by atoms with Gasteiger partial charge in [-0.25, -0.2) is 4.79 Å². The Morgan fingerprint density at radius 3 is 2.62 bits per heavy atom. The fourth-order valence-corrected chi connectivity index (χ4v) is 3.49. The molecule has 1 amide bonds. The first-order valence-electron chi connectivity index (χ1n) is 9.01. The van der Waals surface area contributed by atoms with Crippen molar-refractivity contribution >= 4 is 29.3 Å². The molecule has 29 heavy (non-hydrogen) atoms. The lowest BCUT2D eigenvalue weighted by molar-refractivity contribution is -0.113. The third-order valence-corrected chi connectivity index (χ3v) is 5.23. The largest absolute Gasteiger partial charge is 0.465 e. The molecule has 9 heteroatoms. The Bertz CT molecular complexity index is 1020. The topological polar surface area (TPSA) is 99.0 Å². The minimum atomic E-state index is -0.415. The number of hydrogen-bond acceptors (Lipinski definition) is 7. The summed E-state index contributed by atoms with van der Waals surface area (Å²) in [6.07, 6.45) is 0.838. The lowest BCUT2D eigenvalue weighted by Crippen LogP contribution is -2.16. The number of methoxy groups -OCH3 is 1. The second-order valence-corrected chi connectivity index (χ2v) is 7.15. The van der Waals surface area contributed by atoms with Crippen molar-refractivity contribution in [2.24, 2.45) is 0 Å². The molecule has 0 fully saturated rings. The molecule has 0 aliphatic carbocycles. The molecular formula is C20H21N5O3S. The highest BCUT2D eigenvalue weighted by Gasteiger charge is 2.14. The first kappa shape index (κ1) is 20.5. The van der Waals surface area contributed by atoms with Gasteiger partial charge in [0, 0.05) is 5.69 Å². The van der Waals surface area contributed by atoms with Gasteiger partial charge in [-0.2, -0.15) is 4.68 Å². The van der Waals surface area contributed by atoms with Gasteiger partial charge in [-0.1, -0.05) is 36.9 Å². The predicted octanol–water partition coefficient (Wildman–Crippen LogP) is 3.05. The van der Waals surface area contributed by atoms with E-state index in [1.807, 2.05) is 25.1 Å². The fraction of sp³-hybridized carbons (Fsp3) is 0.250. The first-order valence-corrected chi connectivity index (χ1v) is 10.00. The molecule has 0 saturated carbocycles. The number of amides is 1. The molecule has 150 valence electrons. The number of carbonyl (C=O) groups is 2. The minimum Gasteiger partial charge on any atom is -0.465 e. The van der Waals surface area contributed by atoms with E-state index in [0.29, 0.717) is 16.4 Å². The third kappa shape index (κ3) is 4.80. The van der Waals surface area contributed by atoms with Crippen molar-refractivity contribution in [3.8, 4) is 5.69 Å². The molecule has 0 aliphatic rings. The van der Waals surface area contributed by atoms with Gasteiger partial charge in [-0.15, -0.1) is 5.10 Å². The van der Waals surface area contributed by atoms with Crippen molar-refractivity contribution in [3.63, 3.8) is 0 Å². The van der Waals surface area contributed by atoms with E-state index >= 15 is 0 Å². The lowest BCUT2D eigenvalue weighted by atomic mass is 10.1. The number of benzene rings is 2. The number of carbonyl (C=O) groups excluding carboxylic acids is 2. The number of para-hydroxylation sites is 1. The Hall–Kier alpha value is -3.20. The van der Waals surface area contributed by atoms with Gasteiger partial charge in [0.1, 0.15) is 0 Å². The van der Waals surface area contributed by atoms with E-state index in [9.17, 15) is 9.59 Å². The Morgan fingerprint density at radius 1 is 1.17 bits per heavy atom. The predicted molar refractivity (Wildman–Crippen MR) is 110 cm³/mol. The molecule has 3 rings (SSSR count). The zero-order valence-corrected chi connectivity index (χ0v) is 17.2. The summed E-state index contributed by atoms with van der Waals surface area (Å²) in [4.78, 5) is 24.0. The molecule has 1 aromatic heterocycles. The van der Waals surface area contributed by atoms with E-state index in [1.54, 1.807) is 24.3 Å². The zero-order chi connectivity index (χ0) is 20.8. The van der Waals surface area contributed by atoms with Crippen molar-refractivity contribution in [2.45, 2.75) is 25.4 Å². The number of anilines is 1. The van der Waals surface area contributed by atoms with Crippen LogP contribution in [0, 0.1) is 6.92 Å². The van der Waals surface area contributed by atoms with Crippen LogP contribution >= 0.6 is 11.8 Å². The zero-order valence-electron chi connectivity index (χ0n) is 16.4. The van der Waals surface area contributed by atoms with Gasteiger partial charge in [-0.05, 0) is 59.2 Å². The second-order valence-electron chi connectivity index (χ2n) is 6.21. The summed E-state index contributed by atoms with van der Waals surface area (Å²) in [6.45, 7) is 4.03. The molecule has 1 N–H and O–H groups in total. The highest BCUT2D eigenvalue weighted by molar-refractivity contribution is 7.99. The van der Waals surface area contributed by atoms with E-state index in [-0.39, 0.29) is 11.7 Å². The highest BCUT2D eigenvalue weighted by Crippen LogP contribution is 2.23. The maximum atomic E-state index is 12.5. The Labute approximate surface area is 172 Å². The maximum Gasteiger partial charge on any atom is 0.337 e. The molecular weight excluding hydrogens is 390 g/mol. The van der Waals surface area contributed by atoms with E-state index in [2.05, 4.69) is 27.8 Å². The molecule has 3 aromatic rings. The number of ether oxygens (including phenoxy) is 1. The Morgan fingerprint density at radius 2 is 1.93 bits per heavy atom. The summed E-state index contributed by atoms with van der Waals surface area (Å²) in [6, 6.07) is 12.7. The van der Waals surface area contributed by atoms with Gasteiger partial charge in [0.2, 0.25) is 11.1 Å². The maximum absolute atomic E-state index is 12.5. The molecule has 2 aromatic carbocycles. The highest BCUT2D eigenvalue weighted by atomic mass is 32.2. The van der Waals surface area contributed by atoms with E-state index in [4.69, 9.17) is 4.74 Å². The van der Waals surface area contributed by atoms with Gasteiger partial charge in [0.15, 0.2) is 0 Å². The van der Waals surface area contributed by atoms with Crippen LogP contribution in [-0.2, 0) is 16.0 Å². The number of hydrogen-bond donors (Lipinski definition) is 1. The lowest BCUT2D eigenvalue weighted by Gasteiger charge is -2.12. The molecule has 0 radical (unpaired) electrons. The summed E-state index contributed by atoms with van der Waals surface area (Å²) >= 11 is 1.23. The number of rotatable bonds is 7. The SMILES string of the molecule is CCc1cccc(C)c1NC(=O)CSc1nnnn1-c1ccc(C(=O)OC)cc1. The Balaban J connectivity index is 1.68. The van der Waals surface area contributed by atoms with Gasteiger partial charge in [0.05, 0.1) is 24.1 Å². The number of aryl methyl sites for hydroxylation is 2. The van der Waals surface area contributed by atoms with Crippen molar-refractivity contribution < 1.29 is 14.3 Å². The summed E-state index contributed by atoms with van der Waals surface area (Å²) < 4.78 is 6.21. The van der Waals surface area contributed by atoms with Crippen LogP contribution in [0.25, 0.3) is 5.69 Å². The van der Waals surface area contributed by atoms with Crippen molar-refractivity contribution in [3.05, 3.63) is 59.2 Å². The van der Waals surface area contributed by atoms with Crippen LogP contribution in [-0.4, -0.2) is 44.9 Å². The Kier molecular flexibility index (Phi) is 6.61. The number of nitrogens with one attached hydrogen (secondary N) is 1. The van der Waals surface area contributed by atoms with Crippen LogP contribution in [0.1, 0.15) is 28.4 Å². The number of thioether (sulfide) groups is 1. The van der Waals surface area contributed by atoms with Gasteiger partial charge in [0.25, 0.3) is 0 Å². The van der Waals surface area contributed by atoms with E-state index in [1.165, 1.54) is 23.6 Å². The normalized spacial score (nSPS) is 10.6. The number of tetrazole rings is 1. The molecule has 0 saturated heterocycles. The van der Waals surface area contributed by atoms with E-state index in [0.717, 1.165) is 23.2 Å². The fourth-order valence-electron chi connectivity index (χ4n) is 2.80. The van der Waals surface area contributed by atoms with E-state index < -0.39 is 5.97 Å². The summed E-state index contributed by atoms with van der Waals surface area (Å²) in [5, 5.41) is 15.1. The van der Waals surface area contributed by atoms with Crippen LogP contribution in [0.5, 0.6) is 0 Å². The molecule has 0 spiro atoms. The standard InChI is InChI=1S/C20H21N5O3S/c1-4-14-7-5-6-13(2)18(14)21-17(26)12-29-20-22-23-24-25(20)16-10-8-15(9-11-16)19(27)28-3/h5-11H,4,12H2,1-3H3,(H,21,26). The minimum absolute atomic E-state index is 0.130. The molecule has 0 unspecified atom stereocenters. The average molecular weight is 411 g/mol. The molecule has 0 aliphatic heterocycles. The van der Waals surface area contributed by atoms with Crippen LogP contribution in [0.15, 0.2) is 47.6 Å². The van der Waals surface area contributed by atoms with Crippen LogP contribution in [0.2, 0.25) is 0 Å². The van der Waals surface area contributed by atoms with Crippen molar-refractivity contribution in [2.75, 3.05) is 18.2 Å². The van der Waals surface area contributed by atoms with Crippen LogP contribution in [0.3, 0.4) is 0 Å². The molecule has 1 heterocycles. The summed E-state index contributed by atoms with van der Waals surface area (Å²) in [5.74, 6) is -0.380. The summed E-state index contributed by atoms with van der Waals surface area (Å²) in [7, 11) is 1.33. The molecule has 0 atom stereocenters. The smallest absolute Gasteiger partial charge is 0.337 e. The van der Waals surface area contributed by atoms with Crippen molar-refractivity contribution in [1.82, 2.24) is 20.2 Å². The second kappa shape index (κ2) is 9.33. The van der Waals surface area contributed by atoms with Crippen molar-refractivity contribution in [1.29, 1.82) is 0 Å². The van der Waals surface area contributed by atoms with Crippen LogP contribution < -0.4 is 5.32 Å². The van der Waals surface area contributed by atoms with Crippen LogP contribution in [0.4, 0.5) is 5.69 Å². The number of aromatic nitrogens is 4. The quantitative estimate of drug-likeness (QED) is 0.471. The molecule has 8 nitrogen and oxygen atoms in total. The van der Waals surface area contributed by atoms with Gasteiger partial charge in [-0.3, -0.25) is 4.79 Å². The summed E-state index contributed by atoms with van der Waals surface area (Å²) in [5.41, 5.74) is 4.09. The third-order valence-electron chi connectivity index (χ3n) is 4.31. The molecule has 0 bridgehead atoms. The average Bonchev–Trinajstić information content (AvgIpc) is 3.22.